The summed E-state index contributed by atoms with van der Waals surface area (Å²) in [6.45, 7) is 11.3. The Morgan fingerprint density at radius 3 is 2.44 bits per heavy atom. The number of hydrogen-bond donors (Lipinski definition) is 1. The van der Waals surface area contributed by atoms with E-state index in [1.54, 1.807) is 0 Å². The third-order valence-corrected chi connectivity index (χ3v) is 4.99. The number of likely N-dealkylation sites (tertiary alicyclic amines) is 1. The highest BCUT2D eigenvalue weighted by Gasteiger charge is 2.35. The van der Waals surface area contributed by atoms with Crippen LogP contribution in [0.1, 0.15) is 46.0 Å². The van der Waals surface area contributed by atoms with Crippen molar-refractivity contribution in [1.82, 2.24) is 10.2 Å². The lowest BCUT2D eigenvalue weighted by Crippen LogP contribution is -2.36. The van der Waals surface area contributed by atoms with Crippen molar-refractivity contribution in [2.75, 3.05) is 32.7 Å². The first kappa shape index (κ1) is 12.4. The van der Waals surface area contributed by atoms with Crippen LogP contribution < -0.4 is 5.32 Å². The summed E-state index contributed by atoms with van der Waals surface area (Å²) in [5.41, 5.74) is 0.660. The maximum absolute atomic E-state index is 3.46. The van der Waals surface area contributed by atoms with E-state index in [4.69, 9.17) is 0 Å². The van der Waals surface area contributed by atoms with Crippen LogP contribution in [0.25, 0.3) is 0 Å². The van der Waals surface area contributed by atoms with Crippen LogP contribution in [0.15, 0.2) is 0 Å². The average Bonchev–Trinajstić information content (AvgIpc) is 2.75. The second kappa shape index (κ2) is 5.50. The standard InChI is InChI=1S/C14H28N2/c1-3-14(4-2)7-10-16(12-14)11-13-5-8-15-9-6-13/h13,15H,3-12H2,1-2H3. The fraction of sp³-hybridized carbons (Fsp3) is 1.00. The van der Waals surface area contributed by atoms with Crippen LogP contribution in [-0.2, 0) is 0 Å². The maximum Gasteiger partial charge on any atom is 0.00384 e. The Bertz CT molecular complexity index is 205. The Kier molecular flexibility index (Phi) is 4.26. The van der Waals surface area contributed by atoms with E-state index in [9.17, 15) is 0 Å². The molecule has 0 saturated carbocycles. The smallest absolute Gasteiger partial charge is 0.00384 e. The van der Waals surface area contributed by atoms with Gasteiger partial charge in [-0.05, 0) is 63.1 Å². The van der Waals surface area contributed by atoms with Crippen molar-refractivity contribution in [3.63, 3.8) is 0 Å². The van der Waals surface area contributed by atoms with Crippen molar-refractivity contribution in [2.24, 2.45) is 11.3 Å². The molecule has 0 aromatic heterocycles. The molecular weight excluding hydrogens is 196 g/mol. The summed E-state index contributed by atoms with van der Waals surface area (Å²) in [6.07, 6.45) is 6.95. The van der Waals surface area contributed by atoms with Gasteiger partial charge >= 0.3 is 0 Å². The van der Waals surface area contributed by atoms with Gasteiger partial charge in [0.15, 0.2) is 0 Å². The normalized spacial score (nSPS) is 27.4. The largest absolute Gasteiger partial charge is 0.317 e. The van der Waals surface area contributed by atoms with Crippen LogP contribution >= 0.6 is 0 Å². The minimum atomic E-state index is 0.660. The predicted molar refractivity (Wildman–Crippen MR) is 69.7 cm³/mol. The highest BCUT2D eigenvalue weighted by molar-refractivity contribution is 4.89. The monoisotopic (exact) mass is 224 g/mol. The van der Waals surface area contributed by atoms with Gasteiger partial charge in [-0.2, -0.15) is 0 Å². The van der Waals surface area contributed by atoms with Gasteiger partial charge in [0.25, 0.3) is 0 Å². The molecule has 2 aliphatic heterocycles. The van der Waals surface area contributed by atoms with Gasteiger partial charge in [0.1, 0.15) is 0 Å². The molecule has 1 N–H and O–H groups in total. The molecule has 2 aliphatic rings. The number of hydrogen-bond acceptors (Lipinski definition) is 2. The highest BCUT2D eigenvalue weighted by Crippen LogP contribution is 2.37. The zero-order chi connectivity index (χ0) is 11.4. The third kappa shape index (κ3) is 2.78. The molecule has 2 heterocycles. The molecule has 0 spiro atoms. The Hall–Kier alpha value is -0.0800. The second-order valence-electron chi connectivity index (χ2n) is 5.89. The van der Waals surface area contributed by atoms with Crippen molar-refractivity contribution < 1.29 is 0 Å². The number of rotatable bonds is 4. The van der Waals surface area contributed by atoms with E-state index >= 15 is 0 Å². The number of nitrogens with one attached hydrogen (secondary N) is 1. The summed E-state index contributed by atoms with van der Waals surface area (Å²) in [4.78, 5) is 2.74. The topological polar surface area (TPSA) is 15.3 Å². The van der Waals surface area contributed by atoms with E-state index in [0.717, 1.165) is 5.92 Å². The average molecular weight is 224 g/mol. The quantitative estimate of drug-likeness (QED) is 0.789. The maximum atomic E-state index is 3.46. The lowest BCUT2D eigenvalue weighted by Gasteiger charge is -2.30. The summed E-state index contributed by atoms with van der Waals surface area (Å²) in [6, 6.07) is 0. The van der Waals surface area contributed by atoms with E-state index < -0.39 is 0 Å². The minimum absolute atomic E-state index is 0.660. The molecule has 94 valence electrons. The van der Waals surface area contributed by atoms with E-state index in [0.29, 0.717) is 5.41 Å². The molecular formula is C14H28N2. The first-order valence-electron chi connectivity index (χ1n) is 7.21. The van der Waals surface area contributed by atoms with E-state index in [1.807, 2.05) is 0 Å². The van der Waals surface area contributed by atoms with Crippen LogP contribution in [0.2, 0.25) is 0 Å². The molecule has 0 bridgehead atoms. The summed E-state index contributed by atoms with van der Waals surface area (Å²) < 4.78 is 0. The van der Waals surface area contributed by atoms with Gasteiger partial charge in [-0.15, -0.1) is 0 Å². The van der Waals surface area contributed by atoms with Crippen LogP contribution in [-0.4, -0.2) is 37.6 Å². The zero-order valence-electron chi connectivity index (χ0n) is 11.1. The number of piperidine rings is 1. The fourth-order valence-corrected chi connectivity index (χ4v) is 3.44. The Morgan fingerprint density at radius 1 is 1.19 bits per heavy atom. The summed E-state index contributed by atoms with van der Waals surface area (Å²) >= 11 is 0. The SMILES string of the molecule is CCC1(CC)CCN(CC2CCNCC2)C1. The van der Waals surface area contributed by atoms with Crippen molar-refractivity contribution >= 4 is 0 Å². The van der Waals surface area contributed by atoms with Gasteiger partial charge in [0.05, 0.1) is 0 Å². The van der Waals surface area contributed by atoms with E-state index in [1.165, 1.54) is 64.8 Å². The van der Waals surface area contributed by atoms with Gasteiger partial charge in [0.2, 0.25) is 0 Å². The Labute approximate surface area is 101 Å². The van der Waals surface area contributed by atoms with Crippen molar-refractivity contribution in [3.8, 4) is 0 Å². The van der Waals surface area contributed by atoms with E-state index in [-0.39, 0.29) is 0 Å². The lowest BCUT2D eigenvalue weighted by molar-refractivity contribution is 0.201. The third-order valence-electron chi connectivity index (χ3n) is 4.99. The van der Waals surface area contributed by atoms with Crippen LogP contribution in [0, 0.1) is 11.3 Å². The molecule has 0 aromatic carbocycles. The van der Waals surface area contributed by atoms with Crippen LogP contribution in [0.3, 0.4) is 0 Å². The van der Waals surface area contributed by atoms with Gasteiger partial charge in [-0.1, -0.05) is 13.8 Å². The Balaban J connectivity index is 1.79. The van der Waals surface area contributed by atoms with Gasteiger partial charge < -0.3 is 10.2 Å². The van der Waals surface area contributed by atoms with Crippen LogP contribution in [0.5, 0.6) is 0 Å². The summed E-state index contributed by atoms with van der Waals surface area (Å²) in [5, 5.41) is 3.46. The predicted octanol–water partition coefficient (Wildman–Crippen LogP) is 2.50. The van der Waals surface area contributed by atoms with Gasteiger partial charge in [0, 0.05) is 13.1 Å². The lowest BCUT2D eigenvalue weighted by atomic mass is 9.82. The molecule has 16 heavy (non-hydrogen) atoms. The molecule has 0 radical (unpaired) electrons. The molecule has 0 aliphatic carbocycles. The van der Waals surface area contributed by atoms with Crippen molar-refractivity contribution in [3.05, 3.63) is 0 Å². The molecule has 2 fully saturated rings. The summed E-state index contributed by atoms with van der Waals surface area (Å²) in [7, 11) is 0. The number of nitrogens with zero attached hydrogens (tertiary/aromatic N) is 1. The van der Waals surface area contributed by atoms with Gasteiger partial charge in [-0.25, -0.2) is 0 Å². The highest BCUT2D eigenvalue weighted by atomic mass is 15.2. The van der Waals surface area contributed by atoms with Gasteiger partial charge in [-0.3, -0.25) is 0 Å². The fourth-order valence-electron chi connectivity index (χ4n) is 3.44. The second-order valence-corrected chi connectivity index (χ2v) is 5.89. The van der Waals surface area contributed by atoms with E-state index in [2.05, 4.69) is 24.1 Å². The van der Waals surface area contributed by atoms with Crippen molar-refractivity contribution in [1.29, 1.82) is 0 Å². The first-order valence-corrected chi connectivity index (χ1v) is 7.21. The molecule has 2 saturated heterocycles. The van der Waals surface area contributed by atoms with Crippen LogP contribution in [0.4, 0.5) is 0 Å². The summed E-state index contributed by atoms with van der Waals surface area (Å²) in [5.74, 6) is 0.964. The minimum Gasteiger partial charge on any atom is -0.317 e. The zero-order valence-corrected chi connectivity index (χ0v) is 11.1. The molecule has 0 amide bonds. The molecule has 2 heteroatoms. The molecule has 2 rings (SSSR count). The molecule has 2 nitrogen and oxygen atoms in total. The molecule has 0 unspecified atom stereocenters. The Morgan fingerprint density at radius 2 is 1.88 bits per heavy atom. The molecule has 0 aromatic rings. The first-order chi connectivity index (χ1) is 7.78. The van der Waals surface area contributed by atoms with Crippen molar-refractivity contribution in [2.45, 2.75) is 46.0 Å². The molecule has 0 atom stereocenters.